The molecule has 1 N–H and O–H groups in total. The normalized spacial score (nSPS) is 20.9. The Balaban J connectivity index is 1.70. The van der Waals surface area contributed by atoms with Crippen LogP contribution >= 0.6 is 11.8 Å². The van der Waals surface area contributed by atoms with E-state index in [0.717, 1.165) is 30.0 Å². The van der Waals surface area contributed by atoms with E-state index < -0.39 is 47.0 Å². The third-order valence-corrected chi connectivity index (χ3v) is 8.33. The number of aliphatic imine (C=N–C) groups is 1. The molecule has 2 unspecified atom stereocenters. The van der Waals surface area contributed by atoms with Crippen molar-refractivity contribution in [2.24, 2.45) is 4.99 Å². The third kappa shape index (κ3) is 5.65. The van der Waals surface area contributed by atoms with Crippen LogP contribution in [0.4, 0.5) is 27.6 Å². The van der Waals surface area contributed by atoms with E-state index in [9.17, 15) is 27.5 Å². The van der Waals surface area contributed by atoms with E-state index in [4.69, 9.17) is 9.47 Å². The predicted molar refractivity (Wildman–Crippen MR) is 143 cm³/mol. The summed E-state index contributed by atoms with van der Waals surface area (Å²) in [6, 6.07) is 3.33. The van der Waals surface area contributed by atoms with Gasteiger partial charge >= 0.3 is 6.18 Å². The van der Waals surface area contributed by atoms with Gasteiger partial charge in [0, 0.05) is 73.2 Å². The fourth-order valence-corrected chi connectivity index (χ4v) is 6.49. The van der Waals surface area contributed by atoms with Crippen LogP contribution in [0.1, 0.15) is 11.1 Å². The van der Waals surface area contributed by atoms with Crippen LogP contribution in [0.25, 0.3) is 11.1 Å². The van der Waals surface area contributed by atoms with Gasteiger partial charge in [-0.2, -0.15) is 13.2 Å². The van der Waals surface area contributed by atoms with Gasteiger partial charge in [0.1, 0.15) is 24.3 Å². The number of hydrogen-bond acceptors (Lipinski definition) is 8. The summed E-state index contributed by atoms with van der Waals surface area (Å²) in [7, 11) is 1.43. The van der Waals surface area contributed by atoms with Crippen LogP contribution in [0, 0.1) is 11.6 Å². The van der Waals surface area contributed by atoms with Crippen LogP contribution in [0.15, 0.2) is 46.8 Å². The second-order valence-corrected chi connectivity index (χ2v) is 10.7. The molecule has 0 spiro atoms. The highest BCUT2D eigenvalue weighted by Crippen LogP contribution is 2.51. The summed E-state index contributed by atoms with van der Waals surface area (Å²) in [5.74, 6) is -2.05. The van der Waals surface area contributed by atoms with E-state index >= 15 is 4.39 Å². The van der Waals surface area contributed by atoms with Crippen molar-refractivity contribution in [2.45, 2.75) is 23.5 Å². The van der Waals surface area contributed by atoms with Crippen LogP contribution in [-0.2, 0) is 20.4 Å². The largest absolute Gasteiger partial charge is 0.417 e. The molecule has 3 aliphatic rings. The molecule has 2 aromatic carbocycles. The number of ether oxygens (including phenoxy) is 2. The molecule has 220 valence electrons. The number of aliphatic hydroxyl groups excluding tert-OH is 1. The number of benzene rings is 2. The first-order valence-electron chi connectivity index (χ1n) is 12.7. The first kappa shape index (κ1) is 29.3. The van der Waals surface area contributed by atoms with Gasteiger partial charge in [-0.3, -0.25) is 4.79 Å². The van der Waals surface area contributed by atoms with Gasteiger partial charge in [-0.05, 0) is 24.3 Å². The lowest BCUT2D eigenvalue weighted by molar-refractivity contribution is -0.137. The predicted octanol–water partition coefficient (Wildman–Crippen LogP) is 3.92. The Kier molecular flexibility index (Phi) is 8.28. The number of rotatable bonds is 5. The molecule has 1 saturated heterocycles. The number of amides is 1. The maximum atomic E-state index is 15.1. The molecule has 3 aliphatic heterocycles. The van der Waals surface area contributed by atoms with Gasteiger partial charge < -0.3 is 29.3 Å². The number of amidine groups is 1. The van der Waals surface area contributed by atoms with Crippen molar-refractivity contribution in [1.82, 2.24) is 9.80 Å². The van der Waals surface area contributed by atoms with Crippen LogP contribution in [0.3, 0.4) is 0 Å². The Morgan fingerprint density at radius 3 is 2.56 bits per heavy atom. The molecule has 8 nitrogen and oxygen atoms in total. The van der Waals surface area contributed by atoms with Crippen LogP contribution in [0.2, 0.25) is 0 Å². The van der Waals surface area contributed by atoms with Crippen molar-refractivity contribution in [2.75, 3.05) is 57.3 Å². The summed E-state index contributed by atoms with van der Waals surface area (Å²) in [6.45, 7) is 4.52. The molecule has 1 amide bonds. The molecule has 3 heterocycles. The lowest BCUT2D eigenvalue weighted by Crippen LogP contribution is -2.53. The molecule has 0 radical (unpaired) electrons. The number of alkyl halides is 3. The molecule has 2 atom stereocenters. The molecule has 1 fully saturated rings. The molecule has 0 aliphatic carbocycles. The first-order chi connectivity index (χ1) is 19.5. The highest BCUT2D eigenvalue weighted by molar-refractivity contribution is 7.99. The van der Waals surface area contributed by atoms with Gasteiger partial charge in [0.05, 0.1) is 17.4 Å². The Labute approximate surface area is 237 Å². The zero-order valence-corrected chi connectivity index (χ0v) is 22.8. The number of thioether (sulfide) groups is 1. The topological polar surface area (TPSA) is 77.8 Å². The fourth-order valence-electron chi connectivity index (χ4n) is 5.21. The number of aliphatic hydroxyl groups is 1. The second-order valence-electron chi connectivity index (χ2n) is 9.62. The standard InChI is InChI=1S/C27H27F5N4O4S/c1-3-21(37)34-6-8-35(9-7-34)25-18-11-19(27(30,31)32)22(17-5-4-15(28)10-20(17)29)24-23(18)36(26(38)33-25)12-16(13-41-24)40-14-39-2/h3-5,10-11,16,26,38H,1,6-9,12-14H2,2H3. The van der Waals surface area contributed by atoms with Crippen LogP contribution < -0.4 is 4.90 Å². The van der Waals surface area contributed by atoms with Crippen molar-refractivity contribution in [1.29, 1.82) is 0 Å². The van der Waals surface area contributed by atoms with Gasteiger partial charge in [0.25, 0.3) is 0 Å². The Morgan fingerprint density at radius 1 is 1.20 bits per heavy atom. The number of hydrogen-bond donors (Lipinski definition) is 1. The van der Waals surface area contributed by atoms with E-state index in [1.807, 2.05) is 0 Å². The fraction of sp³-hybridized carbons (Fsp3) is 0.407. The smallest absolute Gasteiger partial charge is 0.359 e. The lowest BCUT2D eigenvalue weighted by Gasteiger charge is -2.41. The van der Waals surface area contributed by atoms with Gasteiger partial charge in [-0.15, -0.1) is 11.8 Å². The van der Waals surface area contributed by atoms with E-state index in [0.29, 0.717) is 6.07 Å². The number of halogens is 5. The molecule has 0 bridgehead atoms. The molecular weight excluding hydrogens is 571 g/mol. The summed E-state index contributed by atoms with van der Waals surface area (Å²) in [6.07, 6.45) is -5.79. The Hall–Kier alpha value is -3.20. The molecule has 2 aromatic rings. The zero-order chi connectivity index (χ0) is 29.5. The molecule has 5 rings (SSSR count). The van der Waals surface area contributed by atoms with Crippen LogP contribution in [0.5, 0.6) is 0 Å². The number of carbonyl (C=O) groups excluding carboxylic acids is 1. The van der Waals surface area contributed by atoms with Gasteiger partial charge in [-0.1, -0.05) is 6.58 Å². The lowest BCUT2D eigenvalue weighted by atomic mass is 9.93. The summed E-state index contributed by atoms with van der Waals surface area (Å²) in [4.78, 5) is 21.2. The van der Waals surface area contributed by atoms with Gasteiger partial charge in [0.15, 0.2) is 0 Å². The van der Waals surface area contributed by atoms with Crippen molar-refractivity contribution in [3.63, 3.8) is 0 Å². The summed E-state index contributed by atoms with van der Waals surface area (Å²) >= 11 is 1.03. The van der Waals surface area contributed by atoms with Crippen LogP contribution in [-0.4, -0.2) is 91.5 Å². The molecule has 0 aromatic heterocycles. The van der Waals surface area contributed by atoms with E-state index in [2.05, 4.69) is 11.6 Å². The summed E-state index contributed by atoms with van der Waals surface area (Å²) < 4.78 is 83.7. The van der Waals surface area contributed by atoms with Gasteiger partial charge in [0.2, 0.25) is 12.3 Å². The Morgan fingerprint density at radius 2 is 1.93 bits per heavy atom. The van der Waals surface area contributed by atoms with E-state index in [1.54, 1.807) is 9.80 Å². The van der Waals surface area contributed by atoms with Crippen molar-refractivity contribution >= 4 is 29.2 Å². The Bertz CT molecular complexity index is 1380. The molecule has 0 saturated carbocycles. The highest BCUT2D eigenvalue weighted by Gasteiger charge is 2.43. The minimum atomic E-state index is -4.92. The average molecular weight is 599 g/mol. The highest BCUT2D eigenvalue weighted by atomic mass is 32.2. The van der Waals surface area contributed by atoms with E-state index in [-0.39, 0.29) is 73.2 Å². The monoisotopic (exact) mass is 598 g/mol. The minimum Gasteiger partial charge on any atom is -0.359 e. The first-order valence-corrected chi connectivity index (χ1v) is 13.7. The number of anilines is 1. The molecule has 14 heteroatoms. The number of methoxy groups -OCH3 is 1. The maximum Gasteiger partial charge on any atom is 0.417 e. The van der Waals surface area contributed by atoms with Gasteiger partial charge in [-0.25, -0.2) is 13.8 Å². The van der Waals surface area contributed by atoms with E-state index in [1.165, 1.54) is 18.1 Å². The van der Waals surface area contributed by atoms with Crippen molar-refractivity contribution in [3.05, 3.63) is 59.7 Å². The second kappa shape index (κ2) is 11.6. The maximum absolute atomic E-state index is 15.1. The summed E-state index contributed by atoms with van der Waals surface area (Å²) in [5, 5.41) is 11.2. The number of nitrogens with zero attached hydrogens (tertiary/aromatic N) is 4. The minimum absolute atomic E-state index is 0.0621. The summed E-state index contributed by atoms with van der Waals surface area (Å²) in [5.41, 5.74) is -1.65. The SMILES string of the molecule is C=CC(=O)N1CCN(C2=NC(O)N3CC(OCOC)CSc4c(-c5ccc(F)cc5F)c(C(F)(F)F)cc2c43)CC1. The van der Waals surface area contributed by atoms with Crippen molar-refractivity contribution in [3.8, 4) is 11.1 Å². The molecular formula is C27H27F5N4O4S. The zero-order valence-electron chi connectivity index (χ0n) is 22.0. The van der Waals surface area contributed by atoms with Crippen molar-refractivity contribution < 1.29 is 41.3 Å². The average Bonchev–Trinajstić information content (AvgIpc) is 3.14. The number of carbonyl (C=O) groups is 1. The third-order valence-electron chi connectivity index (χ3n) is 7.11. The molecule has 41 heavy (non-hydrogen) atoms. The number of piperazine rings is 1. The quantitative estimate of drug-likeness (QED) is 0.318.